The third-order valence-electron chi connectivity index (χ3n) is 6.21. The molecule has 3 aliphatic rings. The molecule has 1 aromatic heterocycles. The normalized spacial score (nSPS) is 29.4. The second-order valence-corrected chi connectivity index (χ2v) is 8.14. The average Bonchev–Trinajstić information content (AvgIpc) is 2.90. The first-order chi connectivity index (χ1) is 12.2. The second kappa shape index (κ2) is 8.70. The molecular formula is C19H32ClN5O. The van der Waals surface area contributed by atoms with Crippen molar-refractivity contribution in [2.45, 2.75) is 76.8 Å². The number of hydrogen-bond acceptors (Lipinski definition) is 4. The van der Waals surface area contributed by atoms with Crippen LogP contribution in [0.5, 0.6) is 0 Å². The standard InChI is InChI=1S/C19H31N5O.ClH/c1-14-12-15(8-9-20-14)19(25)23-10-5-6-16(13-23)18-22-21-17-7-3-2-4-11-24(17)18;/h14-16,20H,2-13H2,1H3;1H/t14-,15-,16?;/m0./s1. The summed E-state index contributed by atoms with van der Waals surface area (Å²) in [6, 6.07) is 0.454. The minimum Gasteiger partial charge on any atom is -0.342 e. The molecule has 0 bridgehead atoms. The molecule has 1 aromatic rings. The number of fused-ring (bicyclic) bond motifs is 1. The lowest BCUT2D eigenvalue weighted by Gasteiger charge is -2.36. The lowest BCUT2D eigenvalue weighted by atomic mass is 9.90. The van der Waals surface area contributed by atoms with Crippen LogP contribution in [0.15, 0.2) is 0 Å². The van der Waals surface area contributed by atoms with E-state index in [4.69, 9.17) is 0 Å². The van der Waals surface area contributed by atoms with Crippen LogP contribution in [0.3, 0.4) is 0 Å². The van der Waals surface area contributed by atoms with Crippen molar-refractivity contribution in [1.82, 2.24) is 25.0 Å². The van der Waals surface area contributed by atoms with Crippen molar-refractivity contribution in [3.63, 3.8) is 0 Å². The summed E-state index contributed by atoms with van der Waals surface area (Å²) in [6.07, 6.45) is 8.94. The molecule has 146 valence electrons. The highest BCUT2D eigenvalue weighted by Crippen LogP contribution is 2.30. The lowest BCUT2D eigenvalue weighted by Crippen LogP contribution is -2.47. The minimum absolute atomic E-state index is 0. The van der Waals surface area contributed by atoms with Crippen LogP contribution in [0, 0.1) is 5.92 Å². The number of carbonyl (C=O) groups excluding carboxylic acids is 1. The summed E-state index contributed by atoms with van der Waals surface area (Å²) in [5.41, 5.74) is 0. The predicted molar refractivity (Wildman–Crippen MR) is 104 cm³/mol. The zero-order valence-electron chi connectivity index (χ0n) is 15.8. The van der Waals surface area contributed by atoms with Gasteiger partial charge >= 0.3 is 0 Å². The molecule has 7 heteroatoms. The van der Waals surface area contributed by atoms with Crippen LogP contribution in [-0.2, 0) is 17.8 Å². The molecule has 0 aromatic carbocycles. The molecule has 1 unspecified atom stereocenters. The van der Waals surface area contributed by atoms with Gasteiger partial charge in [0.15, 0.2) is 0 Å². The van der Waals surface area contributed by atoms with Gasteiger partial charge in [-0.1, -0.05) is 6.42 Å². The number of amides is 1. The third kappa shape index (κ3) is 4.06. The van der Waals surface area contributed by atoms with Gasteiger partial charge in [-0.05, 0) is 52.0 Å². The fourth-order valence-corrected chi connectivity index (χ4v) is 4.81. The molecule has 6 nitrogen and oxygen atoms in total. The van der Waals surface area contributed by atoms with Crippen molar-refractivity contribution in [2.24, 2.45) is 5.92 Å². The zero-order valence-corrected chi connectivity index (χ0v) is 16.6. The minimum atomic E-state index is 0. The number of likely N-dealkylation sites (tertiary alicyclic amines) is 1. The van der Waals surface area contributed by atoms with Crippen molar-refractivity contribution >= 4 is 18.3 Å². The number of aromatic nitrogens is 3. The van der Waals surface area contributed by atoms with Gasteiger partial charge in [-0.25, -0.2) is 0 Å². The molecule has 2 saturated heterocycles. The number of nitrogens with one attached hydrogen (secondary N) is 1. The predicted octanol–water partition coefficient (Wildman–Crippen LogP) is 2.52. The molecule has 0 saturated carbocycles. The fraction of sp³-hybridized carbons (Fsp3) is 0.842. The summed E-state index contributed by atoms with van der Waals surface area (Å²) in [7, 11) is 0. The summed E-state index contributed by atoms with van der Waals surface area (Å²) in [5, 5.41) is 12.5. The Balaban J connectivity index is 0.00000196. The van der Waals surface area contributed by atoms with E-state index in [9.17, 15) is 4.79 Å². The maximum Gasteiger partial charge on any atom is 0.225 e. The van der Waals surface area contributed by atoms with E-state index in [2.05, 4.69) is 31.9 Å². The van der Waals surface area contributed by atoms with Crippen molar-refractivity contribution in [2.75, 3.05) is 19.6 Å². The largest absolute Gasteiger partial charge is 0.342 e. The van der Waals surface area contributed by atoms with Crippen molar-refractivity contribution in [1.29, 1.82) is 0 Å². The number of carbonyl (C=O) groups is 1. The number of piperidine rings is 2. The molecule has 2 fully saturated rings. The zero-order chi connectivity index (χ0) is 17.2. The summed E-state index contributed by atoms with van der Waals surface area (Å²) in [4.78, 5) is 15.1. The van der Waals surface area contributed by atoms with Gasteiger partial charge in [0, 0.05) is 43.9 Å². The molecule has 4 rings (SSSR count). The van der Waals surface area contributed by atoms with Crippen LogP contribution >= 0.6 is 12.4 Å². The maximum absolute atomic E-state index is 13.0. The van der Waals surface area contributed by atoms with E-state index in [-0.39, 0.29) is 18.3 Å². The number of rotatable bonds is 2. The topological polar surface area (TPSA) is 63.1 Å². The molecule has 26 heavy (non-hydrogen) atoms. The number of aryl methyl sites for hydroxylation is 1. The van der Waals surface area contributed by atoms with E-state index in [0.29, 0.717) is 17.9 Å². The lowest BCUT2D eigenvalue weighted by molar-refractivity contribution is -0.138. The first-order valence-corrected chi connectivity index (χ1v) is 10.2. The second-order valence-electron chi connectivity index (χ2n) is 8.14. The van der Waals surface area contributed by atoms with E-state index in [1.807, 2.05) is 0 Å². The van der Waals surface area contributed by atoms with Gasteiger partial charge in [0.25, 0.3) is 0 Å². The Morgan fingerprint density at radius 3 is 2.85 bits per heavy atom. The van der Waals surface area contributed by atoms with Gasteiger partial charge in [-0.3, -0.25) is 4.79 Å². The Morgan fingerprint density at radius 2 is 2.00 bits per heavy atom. The van der Waals surface area contributed by atoms with Gasteiger partial charge in [0.1, 0.15) is 11.6 Å². The number of hydrogen-bond donors (Lipinski definition) is 1. The van der Waals surface area contributed by atoms with Crippen LogP contribution in [-0.4, -0.2) is 51.2 Å². The number of halogens is 1. The number of nitrogens with zero attached hydrogens (tertiary/aromatic N) is 4. The molecule has 0 spiro atoms. The van der Waals surface area contributed by atoms with E-state index < -0.39 is 0 Å². The molecular weight excluding hydrogens is 350 g/mol. The van der Waals surface area contributed by atoms with Gasteiger partial charge in [-0.15, -0.1) is 22.6 Å². The summed E-state index contributed by atoms with van der Waals surface area (Å²) in [5.74, 6) is 3.21. The van der Waals surface area contributed by atoms with Crippen LogP contribution in [0.1, 0.15) is 69.4 Å². The molecule has 3 aliphatic heterocycles. The van der Waals surface area contributed by atoms with E-state index in [0.717, 1.165) is 69.9 Å². The van der Waals surface area contributed by atoms with E-state index in [1.54, 1.807) is 0 Å². The highest BCUT2D eigenvalue weighted by atomic mass is 35.5. The first kappa shape index (κ1) is 19.6. The van der Waals surface area contributed by atoms with Crippen LogP contribution in [0.4, 0.5) is 0 Å². The highest BCUT2D eigenvalue weighted by Gasteiger charge is 2.33. The highest BCUT2D eigenvalue weighted by molar-refractivity contribution is 5.85. The fourth-order valence-electron chi connectivity index (χ4n) is 4.81. The smallest absolute Gasteiger partial charge is 0.225 e. The van der Waals surface area contributed by atoms with Gasteiger partial charge < -0.3 is 14.8 Å². The van der Waals surface area contributed by atoms with E-state index in [1.165, 1.54) is 19.3 Å². The Labute approximate surface area is 162 Å². The maximum atomic E-state index is 13.0. The van der Waals surface area contributed by atoms with Crippen molar-refractivity contribution < 1.29 is 4.79 Å². The van der Waals surface area contributed by atoms with Gasteiger partial charge in [0.05, 0.1) is 0 Å². The Kier molecular flexibility index (Phi) is 6.56. The third-order valence-corrected chi connectivity index (χ3v) is 6.21. The molecule has 4 heterocycles. The monoisotopic (exact) mass is 381 g/mol. The SMILES string of the molecule is C[C@H]1C[C@@H](C(=O)N2CCCC(c3nnc4n3CCCCC4)C2)CCN1.Cl. The van der Waals surface area contributed by atoms with Crippen LogP contribution in [0.25, 0.3) is 0 Å². The Hall–Kier alpha value is -1.14. The summed E-state index contributed by atoms with van der Waals surface area (Å²) >= 11 is 0. The Morgan fingerprint density at radius 1 is 1.12 bits per heavy atom. The first-order valence-electron chi connectivity index (χ1n) is 10.2. The molecule has 0 radical (unpaired) electrons. The Bertz CT molecular complexity index is 619. The van der Waals surface area contributed by atoms with Crippen molar-refractivity contribution in [3.8, 4) is 0 Å². The molecule has 0 aliphatic carbocycles. The van der Waals surface area contributed by atoms with Crippen molar-refractivity contribution in [3.05, 3.63) is 11.6 Å². The summed E-state index contributed by atoms with van der Waals surface area (Å²) < 4.78 is 2.36. The molecule has 1 amide bonds. The molecule has 3 atom stereocenters. The van der Waals surface area contributed by atoms with Gasteiger partial charge in [-0.2, -0.15) is 0 Å². The van der Waals surface area contributed by atoms with Crippen LogP contribution in [0.2, 0.25) is 0 Å². The summed E-state index contributed by atoms with van der Waals surface area (Å²) in [6.45, 7) is 5.94. The van der Waals surface area contributed by atoms with E-state index >= 15 is 0 Å². The van der Waals surface area contributed by atoms with Gasteiger partial charge in [0.2, 0.25) is 5.91 Å². The van der Waals surface area contributed by atoms with Crippen LogP contribution < -0.4 is 5.32 Å². The average molecular weight is 382 g/mol. The quantitative estimate of drug-likeness (QED) is 0.855. The molecule has 1 N–H and O–H groups in total.